The summed E-state index contributed by atoms with van der Waals surface area (Å²) in [6.45, 7) is 5.41. The van der Waals surface area contributed by atoms with Gasteiger partial charge in [0.25, 0.3) is 0 Å². The molecule has 10 nitrogen and oxygen atoms in total. The van der Waals surface area contributed by atoms with Gasteiger partial charge in [0.1, 0.15) is 17.1 Å². The number of nitrogens with zero attached hydrogens (tertiary/aromatic N) is 2. The van der Waals surface area contributed by atoms with E-state index in [2.05, 4.69) is 20.6 Å². The van der Waals surface area contributed by atoms with Crippen molar-refractivity contribution in [2.24, 2.45) is 0 Å². The second-order valence-corrected chi connectivity index (χ2v) is 9.17. The predicted molar refractivity (Wildman–Crippen MR) is 144 cm³/mol. The highest BCUT2D eigenvalue weighted by Crippen LogP contribution is 2.34. The van der Waals surface area contributed by atoms with Crippen molar-refractivity contribution in [3.05, 3.63) is 72.4 Å². The maximum absolute atomic E-state index is 12.3. The lowest BCUT2D eigenvalue weighted by Gasteiger charge is -2.20. The molecule has 0 unspecified atom stereocenters. The molecule has 38 heavy (non-hydrogen) atoms. The van der Waals surface area contributed by atoms with Crippen LogP contribution in [0.1, 0.15) is 31.1 Å². The van der Waals surface area contributed by atoms with Crippen molar-refractivity contribution in [1.82, 2.24) is 9.97 Å². The molecule has 0 radical (unpaired) electrons. The first kappa shape index (κ1) is 26.2. The molecule has 1 amide bonds. The molecule has 0 bridgehead atoms. The number of esters is 1. The third-order valence-electron chi connectivity index (χ3n) is 5.18. The number of hydrogen-bond donors (Lipinski definition) is 2. The van der Waals surface area contributed by atoms with E-state index in [1.165, 1.54) is 14.2 Å². The standard InChI is InChI=1S/C28H28N4O6/c1-28(2,3)38-27(34)31-22-10-11-23(21-9-7-6-8-20(21)22)37-24-12-13-29-26(32-24)30-18-14-17(25(33)36-5)15-19(16-18)35-4/h6-16H,1-5H3,(H,31,34)(H,29,30,32). The second kappa shape index (κ2) is 11.0. The molecule has 3 aromatic carbocycles. The van der Waals surface area contributed by atoms with Gasteiger partial charge in [0.15, 0.2) is 0 Å². The zero-order valence-corrected chi connectivity index (χ0v) is 21.7. The number of aromatic nitrogens is 2. The lowest BCUT2D eigenvalue weighted by Crippen LogP contribution is -2.27. The summed E-state index contributed by atoms with van der Waals surface area (Å²) in [6.07, 6.45) is 1.00. The van der Waals surface area contributed by atoms with E-state index in [4.69, 9.17) is 18.9 Å². The number of ether oxygens (including phenoxy) is 4. The minimum absolute atomic E-state index is 0.249. The van der Waals surface area contributed by atoms with Crippen molar-refractivity contribution in [2.45, 2.75) is 26.4 Å². The van der Waals surface area contributed by atoms with E-state index in [9.17, 15) is 9.59 Å². The monoisotopic (exact) mass is 516 g/mol. The highest BCUT2D eigenvalue weighted by molar-refractivity contribution is 6.02. The molecule has 0 aliphatic rings. The molecule has 0 saturated heterocycles. The average molecular weight is 517 g/mol. The number of amides is 1. The third kappa shape index (κ3) is 6.47. The van der Waals surface area contributed by atoms with Crippen LogP contribution < -0.4 is 20.1 Å². The molecule has 2 N–H and O–H groups in total. The summed E-state index contributed by atoms with van der Waals surface area (Å²) >= 11 is 0. The van der Waals surface area contributed by atoms with E-state index in [0.717, 1.165) is 10.8 Å². The highest BCUT2D eigenvalue weighted by atomic mass is 16.6. The Morgan fingerprint density at radius 3 is 2.39 bits per heavy atom. The molecule has 1 heterocycles. The summed E-state index contributed by atoms with van der Waals surface area (Å²) in [7, 11) is 2.81. The van der Waals surface area contributed by atoms with Gasteiger partial charge in [-0.15, -0.1) is 0 Å². The second-order valence-electron chi connectivity index (χ2n) is 9.17. The van der Waals surface area contributed by atoms with Gasteiger partial charge in [0, 0.05) is 34.8 Å². The van der Waals surface area contributed by atoms with Crippen molar-refractivity contribution >= 4 is 40.2 Å². The number of methoxy groups -OCH3 is 2. The largest absolute Gasteiger partial charge is 0.497 e. The number of rotatable bonds is 7. The Kier molecular flexibility index (Phi) is 7.61. The number of carbonyl (C=O) groups excluding carboxylic acids is 2. The van der Waals surface area contributed by atoms with Gasteiger partial charge in [-0.2, -0.15) is 4.98 Å². The first-order valence-corrected chi connectivity index (χ1v) is 11.7. The highest BCUT2D eigenvalue weighted by Gasteiger charge is 2.18. The quantitative estimate of drug-likeness (QED) is 0.272. The van der Waals surface area contributed by atoms with Gasteiger partial charge in [-0.3, -0.25) is 5.32 Å². The van der Waals surface area contributed by atoms with Gasteiger partial charge in [-0.1, -0.05) is 24.3 Å². The van der Waals surface area contributed by atoms with Crippen LogP contribution in [-0.2, 0) is 9.47 Å². The van der Waals surface area contributed by atoms with Crippen molar-refractivity contribution in [1.29, 1.82) is 0 Å². The zero-order valence-electron chi connectivity index (χ0n) is 21.7. The Bertz CT molecular complexity index is 1480. The van der Waals surface area contributed by atoms with Crippen LogP contribution in [0, 0.1) is 0 Å². The van der Waals surface area contributed by atoms with Crippen molar-refractivity contribution in [3.8, 4) is 17.4 Å². The molecule has 0 saturated carbocycles. The molecule has 0 spiro atoms. The van der Waals surface area contributed by atoms with Gasteiger partial charge >= 0.3 is 12.1 Å². The maximum Gasteiger partial charge on any atom is 0.412 e. The Labute approximate surface area is 219 Å². The number of benzene rings is 3. The van der Waals surface area contributed by atoms with Crippen LogP contribution in [0.3, 0.4) is 0 Å². The molecule has 4 rings (SSSR count). The average Bonchev–Trinajstić information content (AvgIpc) is 2.88. The fraction of sp³-hybridized carbons (Fsp3) is 0.214. The smallest absolute Gasteiger partial charge is 0.412 e. The molecule has 4 aromatic rings. The van der Waals surface area contributed by atoms with E-state index < -0.39 is 17.7 Å². The normalized spacial score (nSPS) is 11.0. The summed E-state index contributed by atoms with van der Waals surface area (Å²) in [5.41, 5.74) is 0.817. The predicted octanol–water partition coefficient (Wildman–Crippen LogP) is 6.31. The molecule has 0 atom stereocenters. The Morgan fingerprint density at radius 2 is 1.68 bits per heavy atom. The lowest BCUT2D eigenvalue weighted by molar-refractivity contribution is 0.0598. The van der Waals surface area contributed by atoms with Crippen molar-refractivity contribution in [2.75, 3.05) is 24.9 Å². The number of anilines is 3. The first-order chi connectivity index (χ1) is 18.1. The molecule has 196 valence electrons. The van der Waals surface area contributed by atoms with E-state index in [1.54, 1.807) is 63.4 Å². The summed E-state index contributed by atoms with van der Waals surface area (Å²) in [6, 6.07) is 17.5. The minimum atomic E-state index is -0.618. The van der Waals surface area contributed by atoms with Crippen molar-refractivity contribution in [3.63, 3.8) is 0 Å². The molecular weight excluding hydrogens is 488 g/mol. The maximum atomic E-state index is 12.3. The first-order valence-electron chi connectivity index (χ1n) is 11.7. The summed E-state index contributed by atoms with van der Waals surface area (Å²) in [4.78, 5) is 33.0. The Balaban J connectivity index is 1.58. The van der Waals surface area contributed by atoms with Crippen LogP contribution >= 0.6 is 0 Å². The van der Waals surface area contributed by atoms with Gasteiger partial charge in [0.2, 0.25) is 11.8 Å². The summed E-state index contributed by atoms with van der Waals surface area (Å²) < 4.78 is 21.6. The van der Waals surface area contributed by atoms with Crippen LogP contribution in [0.4, 0.5) is 22.1 Å². The molecule has 0 aliphatic heterocycles. The van der Waals surface area contributed by atoms with Crippen LogP contribution in [0.15, 0.2) is 66.9 Å². The van der Waals surface area contributed by atoms with Gasteiger partial charge in [0.05, 0.1) is 25.5 Å². The molecule has 0 fully saturated rings. The summed E-state index contributed by atoms with van der Waals surface area (Å²) in [5, 5.41) is 7.40. The number of nitrogens with one attached hydrogen (secondary N) is 2. The molecule has 10 heteroatoms. The fourth-order valence-corrected chi connectivity index (χ4v) is 3.61. The van der Waals surface area contributed by atoms with Crippen LogP contribution in [0.2, 0.25) is 0 Å². The van der Waals surface area contributed by atoms with E-state index in [-0.39, 0.29) is 11.8 Å². The van der Waals surface area contributed by atoms with E-state index in [1.807, 2.05) is 24.3 Å². The molecular formula is C28H28N4O6. The van der Waals surface area contributed by atoms with Gasteiger partial charge in [-0.25, -0.2) is 14.6 Å². The van der Waals surface area contributed by atoms with Crippen LogP contribution in [0.5, 0.6) is 17.4 Å². The minimum Gasteiger partial charge on any atom is -0.497 e. The zero-order chi connectivity index (χ0) is 27.3. The van der Waals surface area contributed by atoms with Crippen LogP contribution in [0.25, 0.3) is 10.8 Å². The topological polar surface area (TPSA) is 121 Å². The number of fused-ring (bicyclic) bond motifs is 1. The summed E-state index contributed by atoms with van der Waals surface area (Å²) in [5.74, 6) is 1.04. The number of hydrogen-bond acceptors (Lipinski definition) is 9. The van der Waals surface area contributed by atoms with E-state index in [0.29, 0.717) is 28.4 Å². The SMILES string of the molecule is COC(=O)c1cc(Nc2nccc(Oc3ccc(NC(=O)OC(C)(C)C)c4ccccc34)n2)cc(OC)c1. The molecule has 0 aliphatic carbocycles. The van der Waals surface area contributed by atoms with Crippen LogP contribution in [-0.4, -0.2) is 41.9 Å². The van der Waals surface area contributed by atoms with Crippen molar-refractivity contribution < 1.29 is 28.5 Å². The van der Waals surface area contributed by atoms with E-state index >= 15 is 0 Å². The fourth-order valence-electron chi connectivity index (χ4n) is 3.61. The van der Waals surface area contributed by atoms with Gasteiger partial charge in [-0.05, 0) is 45.0 Å². The Hall–Kier alpha value is -4.86. The van der Waals surface area contributed by atoms with Gasteiger partial charge < -0.3 is 24.3 Å². The Morgan fingerprint density at radius 1 is 0.921 bits per heavy atom. The lowest BCUT2D eigenvalue weighted by atomic mass is 10.1. The number of carbonyl (C=O) groups is 2. The third-order valence-corrected chi connectivity index (χ3v) is 5.18. The molecule has 1 aromatic heterocycles.